The fourth-order valence-electron chi connectivity index (χ4n) is 1.20. The Balaban J connectivity index is 3.20. The van der Waals surface area contributed by atoms with E-state index in [-0.39, 0.29) is 6.04 Å². The van der Waals surface area contributed by atoms with Crippen molar-refractivity contribution in [1.82, 2.24) is 0 Å². The summed E-state index contributed by atoms with van der Waals surface area (Å²) in [7, 11) is 0. The number of halogens is 2. The van der Waals surface area contributed by atoms with Gasteiger partial charge in [-0.25, -0.2) is 0 Å². The van der Waals surface area contributed by atoms with Crippen molar-refractivity contribution < 1.29 is 5.11 Å². The first-order valence-corrected chi connectivity index (χ1v) is 6.52. The van der Waals surface area contributed by atoms with Crippen molar-refractivity contribution >= 4 is 45.2 Å². The number of benzene rings is 1. The molecule has 0 aliphatic carbocycles. The normalized spacial score (nSPS) is 13.3. The number of phenols is 1. The van der Waals surface area contributed by atoms with Crippen LogP contribution in [-0.4, -0.2) is 5.11 Å². The molecule has 0 bridgehead atoms. The van der Waals surface area contributed by atoms with Gasteiger partial charge in [0.05, 0.1) is 3.57 Å². The second-order valence-corrected chi connectivity index (χ2v) is 6.00. The number of aromatic hydroxyl groups is 1. The second-order valence-electron chi connectivity index (χ2n) is 3.60. The predicted molar refractivity (Wildman–Crippen MR) is 75.3 cm³/mol. The monoisotopic (exact) mass is 417 g/mol. The van der Waals surface area contributed by atoms with Crippen LogP contribution < -0.4 is 5.73 Å². The molecule has 14 heavy (non-hydrogen) atoms. The minimum atomic E-state index is -0.0989. The fraction of sp³-hybridized carbons (Fsp3) is 0.400. The molecule has 0 saturated carbocycles. The summed E-state index contributed by atoms with van der Waals surface area (Å²) in [5, 5.41) is 9.85. The summed E-state index contributed by atoms with van der Waals surface area (Å²) in [6.45, 7) is 4.10. The molecule has 2 nitrogen and oxygen atoms in total. The van der Waals surface area contributed by atoms with Crippen LogP contribution in [0.25, 0.3) is 0 Å². The van der Waals surface area contributed by atoms with E-state index in [4.69, 9.17) is 5.73 Å². The SMILES string of the molecule is CC(C)C(N)c1cc(I)cc(I)c1O. The molecule has 0 saturated heterocycles. The Labute approximate surface area is 112 Å². The minimum Gasteiger partial charge on any atom is -0.506 e. The first-order chi connectivity index (χ1) is 6.43. The maximum absolute atomic E-state index is 9.85. The van der Waals surface area contributed by atoms with E-state index in [1.807, 2.05) is 12.1 Å². The Hall–Kier alpha value is 0.440. The van der Waals surface area contributed by atoms with Crippen molar-refractivity contribution in [3.63, 3.8) is 0 Å². The van der Waals surface area contributed by atoms with Gasteiger partial charge in [-0.15, -0.1) is 0 Å². The first kappa shape index (κ1) is 12.5. The first-order valence-electron chi connectivity index (χ1n) is 4.37. The lowest BCUT2D eigenvalue weighted by Gasteiger charge is -2.18. The Morgan fingerprint density at radius 3 is 2.36 bits per heavy atom. The smallest absolute Gasteiger partial charge is 0.133 e. The third-order valence-electron chi connectivity index (χ3n) is 2.14. The molecule has 78 valence electrons. The second kappa shape index (κ2) is 4.98. The molecule has 3 N–H and O–H groups in total. The molecule has 1 aromatic carbocycles. The Morgan fingerprint density at radius 1 is 1.29 bits per heavy atom. The number of phenolic OH excluding ortho intramolecular Hbond substituents is 1. The molecular weight excluding hydrogens is 404 g/mol. The third-order valence-corrected chi connectivity index (χ3v) is 3.58. The topological polar surface area (TPSA) is 46.2 Å². The van der Waals surface area contributed by atoms with E-state index in [1.54, 1.807) is 0 Å². The van der Waals surface area contributed by atoms with Gasteiger partial charge in [-0.1, -0.05) is 13.8 Å². The van der Waals surface area contributed by atoms with E-state index < -0.39 is 0 Å². The van der Waals surface area contributed by atoms with E-state index >= 15 is 0 Å². The summed E-state index contributed by atoms with van der Waals surface area (Å²) in [5.41, 5.74) is 6.85. The van der Waals surface area contributed by atoms with Gasteiger partial charge in [0, 0.05) is 15.2 Å². The van der Waals surface area contributed by atoms with Crippen LogP contribution in [0.4, 0.5) is 0 Å². The zero-order valence-electron chi connectivity index (χ0n) is 8.09. The van der Waals surface area contributed by atoms with E-state index in [0.29, 0.717) is 11.7 Å². The summed E-state index contributed by atoms with van der Waals surface area (Å²) in [5.74, 6) is 0.655. The van der Waals surface area contributed by atoms with Crippen LogP contribution in [0.2, 0.25) is 0 Å². The number of hydrogen-bond donors (Lipinski definition) is 2. The molecule has 1 atom stereocenters. The molecule has 0 aromatic heterocycles. The molecule has 0 fully saturated rings. The van der Waals surface area contributed by atoms with Crippen LogP contribution in [0.3, 0.4) is 0 Å². The van der Waals surface area contributed by atoms with Crippen molar-refractivity contribution in [3.05, 3.63) is 24.8 Å². The average molecular weight is 417 g/mol. The third kappa shape index (κ3) is 2.73. The van der Waals surface area contributed by atoms with Crippen LogP contribution in [0.15, 0.2) is 12.1 Å². The summed E-state index contributed by atoms with van der Waals surface area (Å²) >= 11 is 4.36. The summed E-state index contributed by atoms with van der Waals surface area (Å²) in [4.78, 5) is 0. The van der Waals surface area contributed by atoms with E-state index in [0.717, 1.165) is 12.7 Å². The highest BCUT2D eigenvalue weighted by Crippen LogP contribution is 2.33. The van der Waals surface area contributed by atoms with Gasteiger partial charge in [-0.3, -0.25) is 0 Å². The highest BCUT2D eigenvalue weighted by Gasteiger charge is 2.16. The van der Waals surface area contributed by atoms with Gasteiger partial charge in [0.15, 0.2) is 0 Å². The Bertz CT molecular complexity index is 339. The van der Waals surface area contributed by atoms with Gasteiger partial charge in [-0.2, -0.15) is 0 Å². The molecule has 0 aliphatic heterocycles. The lowest BCUT2D eigenvalue weighted by Crippen LogP contribution is -2.17. The molecule has 1 unspecified atom stereocenters. The van der Waals surface area contributed by atoms with Crippen LogP contribution in [0.5, 0.6) is 5.75 Å². The average Bonchev–Trinajstić information content (AvgIpc) is 2.09. The molecule has 4 heteroatoms. The van der Waals surface area contributed by atoms with Crippen molar-refractivity contribution in [2.45, 2.75) is 19.9 Å². The number of nitrogens with two attached hydrogens (primary N) is 1. The highest BCUT2D eigenvalue weighted by atomic mass is 127. The van der Waals surface area contributed by atoms with Crippen LogP contribution >= 0.6 is 45.2 Å². The molecule has 1 aromatic rings. The van der Waals surface area contributed by atoms with Gasteiger partial charge < -0.3 is 10.8 Å². The van der Waals surface area contributed by atoms with Crippen molar-refractivity contribution in [2.24, 2.45) is 11.7 Å². The largest absolute Gasteiger partial charge is 0.506 e. The Kier molecular flexibility index (Phi) is 4.45. The van der Waals surface area contributed by atoms with Gasteiger partial charge in [0.2, 0.25) is 0 Å². The van der Waals surface area contributed by atoms with Gasteiger partial charge in [-0.05, 0) is 63.2 Å². The van der Waals surface area contributed by atoms with Crippen molar-refractivity contribution in [3.8, 4) is 5.75 Å². The fourth-order valence-corrected chi connectivity index (χ4v) is 3.09. The number of hydrogen-bond acceptors (Lipinski definition) is 2. The Morgan fingerprint density at radius 2 is 1.86 bits per heavy atom. The van der Waals surface area contributed by atoms with Gasteiger partial charge in [0.1, 0.15) is 5.75 Å². The van der Waals surface area contributed by atoms with Crippen LogP contribution in [0.1, 0.15) is 25.5 Å². The maximum atomic E-state index is 9.85. The van der Waals surface area contributed by atoms with E-state index in [2.05, 4.69) is 59.0 Å². The number of rotatable bonds is 2. The molecule has 0 amide bonds. The van der Waals surface area contributed by atoms with Gasteiger partial charge >= 0.3 is 0 Å². The summed E-state index contributed by atoms with van der Waals surface area (Å²) < 4.78 is 1.97. The molecule has 0 heterocycles. The van der Waals surface area contributed by atoms with Crippen LogP contribution in [-0.2, 0) is 0 Å². The minimum absolute atomic E-state index is 0.0989. The maximum Gasteiger partial charge on any atom is 0.133 e. The van der Waals surface area contributed by atoms with Crippen molar-refractivity contribution in [2.75, 3.05) is 0 Å². The van der Waals surface area contributed by atoms with Gasteiger partial charge in [0.25, 0.3) is 0 Å². The molecule has 1 rings (SSSR count). The molecule has 0 aliphatic rings. The summed E-state index contributed by atoms with van der Waals surface area (Å²) in [6.07, 6.45) is 0. The van der Waals surface area contributed by atoms with Crippen molar-refractivity contribution in [1.29, 1.82) is 0 Å². The molecule has 0 spiro atoms. The molecule has 0 radical (unpaired) electrons. The zero-order chi connectivity index (χ0) is 10.9. The quantitative estimate of drug-likeness (QED) is 0.727. The lowest BCUT2D eigenvalue weighted by molar-refractivity contribution is 0.436. The standard InChI is InChI=1S/C10H13I2NO/c1-5(2)9(13)7-3-6(11)4-8(12)10(7)14/h3-5,9,14H,13H2,1-2H3. The lowest BCUT2D eigenvalue weighted by atomic mass is 9.96. The highest BCUT2D eigenvalue weighted by molar-refractivity contribution is 14.1. The zero-order valence-corrected chi connectivity index (χ0v) is 12.4. The molecular formula is C10H13I2NO. The predicted octanol–water partition coefficient (Wildman–Crippen LogP) is 3.26. The van der Waals surface area contributed by atoms with Crippen LogP contribution in [0, 0.1) is 13.1 Å². The van der Waals surface area contributed by atoms with E-state index in [1.165, 1.54) is 0 Å². The van der Waals surface area contributed by atoms with E-state index in [9.17, 15) is 5.11 Å². The summed E-state index contributed by atoms with van der Waals surface area (Å²) in [6, 6.07) is 3.79.